The first kappa shape index (κ1) is 10.3. The van der Waals surface area contributed by atoms with Crippen LogP contribution in [0.3, 0.4) is 0 Å². The van der Waals surface area contributed by atoms with Gasteiger partial charge in [0.1, 0.15) is 16.2 Å². The number of carboxylic acid groups (broad SMARTS) is 1. The van der Waals surface area contributed by atoms with Crippen LogP contribution in [0.1, 0.15) is 13.8 Å². The van der Waals surface area contributed by atoms with Gasteiger partial charge in [0, 0.05) is 0 Å². The zero-order chi connectivity index (χ0) is 10.2. The summed E-state index contributed by atoms with van der Waals surface area (Å²) in [6, 6.07) is -0.580. The van der Waals surface area contributed by atoms with E-state index in [-0.39, 0.29) is 11.3 Å². The van der Waals surface area contributed by atoms with Crippen LogP contribution in [0.2, 0.25) is 0 Å². The topological polar surface area (TPSA) is 92.4 Å². The maximum absolute atomic E-state index is 10.7. The van der Waals surface area contributed by atoms with Crippen LogP contribution < -0.4 is 11.1 Å². The number of carbonyl (C=O) groups excluding carboxylic acids is 1. The summed E-state index contributed by atoms with van der Waals surface area (Å²) >= 11 is 1.15. The maximum atomic E-state index is 10.7. The van der Waals surface area contributed by atoms with Gasteiger partial charge < -0.3 is 16.2 Å². The van der Waals surface area contributed by atoms with E-state index in [9.17, 15) is 9.59 Å². The molecule has 1 saturated heterocycles. The lowest BCUT2D eigenvalue weighted by Gasteiger charge is -2.36. The molecule has 1 amide bonds. The van der Waals surface area contributed by atoms with E-state index in [1.165, 1.54) is 0 Å². The fourth-order valence-corrected chi connectivity index (χ4v) is 2.02. The van der Waals surface area contributed by atoms with E-state index in [0.717, 1.165) is 11.8 Å². The molecule has 0 spiro atoms. The zero-order valence-corrected chi connectivity index (χ0v) is 8.22. The number of hydrogen-bond acceptors (Lipinski definition) is 4. The van der Waals surface area contributed by atoms with Gasteiger partial charge in [0.05, 0.1) is 0 Å². The Balaban J connectivity index is 2.51. The van der Waals surface area contributed by atoms with Crippen molar-refractivity contribution in [3.8, 4) is 0 Å². The number of aliphatic carboxylic acids is 1. The number of hydrogen-bond donors (Lipinski definition) is 3. The molecule has 4 N–H and O–H groups in total. The monoisotopic (exact) mass is 204 g/mol. The molecule has 0 radical (unpaired) electrons. The first-order chi connectivity index (χ1) is 5.84. The summed E-state index contributed by atoms with van der Waals surface area (Å²) in [7, 11) is 0. The lowest BCUT2D eigenvalue weighted by atomic mass is 10.2. The standard InChI is InChI=1S/C7H12N2O3S/c1-7(2,6(11)12)13-5-3(8)4(10)9-5/h3,5H,8H2,1-2H3,(H,9,10)(H,11,12). The van der Waals surface area contributed by atoms with E-state index < -0.39 is 16.8 Å². The smallest absolute Gasteiger partial charge is 0.319 e. The van der Waals surface area contributed by atoms with Crippen molar-refractivity contribution in [1.29, 1.82) is 0 Å². The Hall–Kier alpha value is -0.750. The summed E-state index contributed by atoms with van der Waals surface area (Å²) in [5, 5.41) is 11.0. The van der Waals surface area contributed by atoms with Crippen LogP contribution in [0.15, 0.2) is 0 Å². The third-order valence-corrected chi connectivity index (χ3v) is 3.28. The van der Waals surface area contributed by atoms with Crippen LogP contribution in [-0.4, -0.2) is 33.1 Å². The zero-order valence-electron chi connectivity index (χ0n) is 7.40. The highest BCUT2D eigenvalue weighted by atomic mass is 32.2. The molecular formula is C7H12N2O3S. The van der Waals surface area contributed by atoms with Gasteiger partial charge in [-0.05, 0) is 13.8 Å². The van der Waals surface area contributed by atoms with Crippen molar-refractivity contribution < 1.29 is 14.7 Å². The Morgan fingerprint density at radius 3 is 2.54 bits per heavy atom. The molecule has 0 aromatic heterocycles. The lowest BCUT2D eigenvalue weighted by Crippen LogP contribution is -2.66. The van der Waals surface area contributed by atoms with Gasteiger partial charge in [-0.3, -0.25) is 9.59 Å². The Kier molecular flexibility index (Phi) is 2.53. The summed E-state index contributed by atoms with van der Waals surface area (Å²) in [5.41, 5.74) is 5.45. The predicted molar refractivity (Wildman–Crippen MR) is 49.2 cm³/mol. The van der Waals surface area contributed by atoms with Gasteiger partial charge in [0.25, 0.3) is 0 Å². The molecule has 1 heterocycles. The lowest BCUT2D eigenvalue weighted by molar-refractivity contribution is -0.139. The number of β-lactam (4-membered cyclic amide) rings is 1. The molecule has 5 nitrogen and oxygen atoms in total. The van der Waals surface area contributed by atoms with E-state index in [0.29, 0.717) is 0 Å². The van der Waals surface area contributed by atoms with Gasteiger partial charge in [0.15, 0.2) is 0 Å². The minimum Gasteiger partial charge on any atom is -0.480 e. The quantitative estimate of drug-likeness (QED) is 0.532. The average molecular weight is 204 g/mol. The van der Waals surface area contributed by atoms with Gasteiger partial charge >= 0.3 is 5.97 Å². The SMILES string of the molecule is CC(C)(SC1NC(=O)C1N)C(=O)O. The molecule has 1 fully saturated rings. The number of carbonyl (C=O) groups is 2. The average Bonchev–Trinajstić information content (AvgIpc) is 2.03. The molecule has 0 aromatic rings. The van der Waals surface area contributed by atoms with Crippen LogP contribution in [-0.2, 0) is 9.59 Å². The minimum absolute atomic E-state index is 0.223. The first-order valence-electron chi connectivity index (χ1n) is 3.82. The highest BCUT2D eigenvalue weighted by Crippen LogP contribution is 2.31. The Bertz CT molecular complexity index is 254. The van der Waals surface area contributed by atoms with Gasteiger partial charge in [0.2, 0.25) is 5.91 Å². The molecule has 1 rings (SSSR count). The molecule has 13 heavy (non-hydrogen) atoms. The molecule has 0 aliphatic carbocycles. The van der Waals surface area contributed by atoms with Crippen LogP contribution in [0, 0.1) is 0 Å². The van der Waals surface area contributed by atoms with E-state index in [2.05, 4.69) is 5.32 Å². The molecule has 6 heteroatoms. The Morgan fingerprint density at radius 1 is 1.69 bits per heavy atom. The third-order valence-electron chi connectivity index (χ3n) is 1.85. The fourth-order valence-electron chi connectivity index (χ4n) is 0.838. The molecular weight excluding hydrogens is 192 g/mol. The number of amides is 1. The van der Waals surface area contributed by atoms with Crippen LogP contribution in [0.5, 0.6) is 0 Å². The number of rotatable bonds is 3. The molecule has 0 aromatic carbocycles. The second-order valence-electron chi connectivity index (χ2n) is 3.39. The summed E-state index contributed by atoms with van der Waals surface area (Å²) < 4.78 is -0.921. The number of nitrogens with one attached hydrogen (secondary N) is 1. The molecule has 2 atom stereocenters. The van der Waals surface area contributed by atoms with E-state index in [4.69, 9.17) is 10.8 Å². The van der Waals surface area contributed by atoms with Gasteiger partial charge in [-0.1, -0.05) is 0 Å². The molecule has 0 saturated carbocycles. The normalized spacial score (nSPS) is 27.8. The van der Waals surface area contributed by atoms with Crippen molar-refractivity contribution in [2.75, 3.05) is 0 Å². The van der Waals surface area contributed by atoms with Crippen LogP contribution >= 0.6 is 11.8 Å². The van der Waals surface area contributed by atoms with Gasteiger partial charge in [-0.2, -0.15) is 0 Å². The third kappa shape index (κ3) is 1.94. The largest absolute Gasteiger partial charge is 0.480 e. The van der Waals surface area contributed by atoms with Crippen molar-refractivity contribution in [2.24, 2.45) is 5.73 Å². The summed E-state index contributed by atoms with van der Waals surface area (Å²) in [5.74, 6) is -1.13. The fraction of sp³-hybridized carbons (Fsp3) is 0.714. The number of carboxylic acids is 1. The second-order valence-corrected chi connectivity index (χ2v) is 5.15. The molecule has 0 bridgehead atoms. The molecule has 1 aliphatic heterocycles. The van der Waals surface area contributed by atoms with Gasteiger partial charge in [-0.15, -0.1) is 11.8 Å². The molecule has 2 unspecified atom stereocenters. The van der Waals surface area contributed by atoms with E-state index >= 15 is 0 Å². The van der Waals surface area contributed by atoms with E-state index in [1.807, 2.05) is 0 Å². The van der Waals surface area contributed by atoms with Gasteiger partial charge in [-0.25, -0.2) is 0 Å². The van der Waals surface area contributed by atoms with Crippen molar-refractivity contribution in [1.82, 2.24) is 5.32 Å². The van der Waals surface area contributed by atoms with Crippen molar-refractivity contribution in [2.45, 2.75) is 30.0 Å². The van der Waals surface area contributed by atoms with E-state index in [1.54, 1.807) is 13.8 Å². The second kappa shape index (κ2) is 3.19. The molecule has 74 valence electrons. The highest BCUT2D eigenvalue weighted by molar-refractivity contribution is 8.02. The highest BCUT2D eigenvalue weighted by Gasteiger charge is 2.42. The Labute approximate surface area is 80.1 Å². The van der Waals surface area contributed by atoms with Crippen molar-refractivity contribution >= 4 is 23.6 Å². The predicted octanol–water partition coefficient (Wildman–Crippen LogP) is -0.634. The summed E-state index contributed by atoms with van der Waals surface area (Å²) in [4.78, 5) is 21.4. The Morgan fingerprint density at radius 2 is 2.23 bits per heavy atom. The van der Waals surface area contributed by atoms with Crippen molar-refractivity contribution in [3.63, 3.8) is 0 Å². The van der Waals surface area contributed by atoms with Crippen LogP contribution in [0.25, 0.3) is 0 Å². The molecule has 1 aliphatic rings. The van der Waals surface area contributed by atoms with Crippen molar-refractivity contribution in [3.05, 3.63) is 0 Å². The maximum Gasteiger partial charge on any atom is 0.319 e. The summed E-state index contributed by atoms with van der Waals surface area (Å²) in [6.07, 6.45) is 0. The number of nitrogens with two attached hydrogens (primary N) is 1. The number of thioether (sulfide) groups is 1. The van der Waals surface area contributed by atoms with Crippen LogP contribution in [0.4, 0.5) is 0 Å². The minimum atomic E-state index is -0.921. The first-order valence-corrected chi connectivity index (χ1v) is 4.70. The summed E-state index contributed by atoms with van der Waals surface area (Å²) in [6.45, 7) is 3.16.